The highest BCUT2D eigenvalue weighted by Gasteiger charge is 2.33. The molecule has 3 unspecified atom stereocenters. The third kappa shape index (κ3) is 3.66. The van der Waals surface area contributed by atoms with Gasteiger partial charge in [-0.1, -0.05) is 25.5 Å². The monoisotopic (exact) mass is 320 g/mol. The number of carbonyl (C=O) groups excluding carboxylic acids is 1. The first-order valence-corrected chi connectivity index (χ1v) is 8.53. The van der Waals surface area contributed by atoms with Crippen LogP contribution >= 0.6 is 0 Å². The summed E-state index contributed by atoms with van der Waals surface area (Å²) >= 11 is 0. The number of hydrogen-bond donors (Lipinski definition) is 2. The van der Waals surface area contributed by atoms with Crippen molar-refractivity contribution in [2.75, 3.05) is 13.1 Å². The zero-order valence-corrected chi connectivity index (χ0v) is 13.5. The van der Waals surface area contributed by atoms with Gasteiger partial charge in [0.15, 0.2) is 0 Å². The third-order valence-corrected chi connectivity index (χ3v) is 5.34. The molecule has 0 aromatic heterocycles. The molecule has 0 radical (unpaired) electrons. The summed E-state index contributed by atoms with van der Waals surface area (Å²) in [4.78, 5) is 14.3. The van der Waals surface area contributed by atoms with E-state index in [0.717, 1.165) is 24.8 Å². The Morgan fingerprint density at radius 2 is 2.00 bits per heavy atom. The zero-order chi connectivity index (χ0) is 16.4. The molecular weight excluding hydrogens is 295 g/mol. The molecule has 1 saturated heterocycles. The third-order valence-electron chi connectivity index (χ3n) is 5.34. The molecule has 3 rings (SSSR count). The molecular formula is C18H25FN2O2. The topological polar surface area (TPSA) is 52.6 Å². The normalized spacial score (nSPS) is 26.5. The molecule has 3 atom stereocenters. The molecule has 1 aromatic rings. The van der Waals surface area contributed by atoms with Crippen LogP contribution in [0, 0.1) is 17.7 Å². The Morgan fingerprint density at radius 1 is 1.30 bits per heavy atom. The highest BCUT2D eigenvalue weighted by atomic mass is 19.1. The van der Waals surface area contributed by atoms with Crippen LogP contribution in [0.3, 0.4) is 0 Å². The van der Waals surface area contributed by atoms with E-state index in [0.29, 0.717) is 19.0 Å². The highest BCUT2D eigenvalue weighted by molar-refractivity contribution is 5.75. The Labute approximate surface area is 136 Å². The van der Waals surface area contributed by atoms with Crippen molar-refractivity contribution in [3.8, 4) is 0 Å². The molecule has 0 bridgehead atoms. The van der Waals surface area contributed by atoms with Crippen LogP contribution in [0.15, 0.2) is 24.3 Å². The average molecular weight is 320 g/mol. The summed E-state index contributed by atoms with van der Waals surface area (Å²) in [7, 11) is 0. The first kappa shape index (κ1) is 16.2. The fourth-order valence-electron chi connectivity index (χ4n) is 3.37. The van der Waals surface area contributed by atoms with E-state index in [1.807, 2.05) is 6.92 Å². The number of nitrogens with zero attached hydrogens (tertiary/aromatic N) is 1. The smallest absolute Gasteiger partial charge is 0.317 e. The Kier molecular flexibility index (Phi) is 4.85. The van der Waals surface area contributed by atoms with Gasteiger partial charge in [-0.3, -0.25) is 0 Å². The predicted octanol–water partition coefficient (Wildman–Crippen LogP) is 3.08. The van der Waals surface area contributed by atoms with Gasteiger partial charge in [0, 0.05) is 13.1 Å². The minimum absolute atomic E-state index is 0.0756. The summed E-state index contributed by atoms with van der Waals surface area (Å²) in [6, 6.07) is 6.20. The Bertz CT molecular complexity index is 544. The van der Waals surface area contributed by atoms with Crippen molar-refractivity contribution < 1.29 is 14.3 Å². The summed E-state index contributed by atoms with van der Waals surface area (Å²) in [5.74, 6) is 0.386. The van der Waals surface area contributed by atoms with Crippen molar-refractivity contribution in [2.24, 2.45) is 11.8 Å². The summed E-state index contributed by atoms with van der Waals surface area (Å²) in [5.41, 5.74) is 0.954. The number of likely N-dealkylation sites (tertiary alicyclic amines) is 1. The second-order valence-electron chi connectivity index (χ2n) is 6.95. The lowest BCUT2D eigenvalue weighted by Gasteiger charge is -2.38. The van der Waals surface area contributed by atoms with Crippen molar-refractivity contribution in [3.63, 3.8) is 0 Å². The molecule has 2 fully saturated rings. The van der Waals surface area contributed by atoms with Gasteiger partial charge >= 0.3 is 6.03 Å². The van der Waals surface area contributed by atoms with Crippen LogP contribution < -0.4 is 5.32 Å². The minimum atomic E-state index is -0.456. The van der Waals surface area contributed by atoms with E-state index in [-0.39, 0.29) is 23.8 Å². The van der Waals surface area contributed by atoms with Crippen LogP contribution in [-0.4, -0.2) is 35.2 Å². The number of carbonyl (C=O) groups is 1. The van der Waals surface area contributed by atoms with Gasteiger partial charge in [0.2, 0.25) is 0 Å². The lowest BCUT2D eigenvalue weighted by atomic mass is 9.77. The van der Waals surface area contributed by atoms with E-state index in [4.69, 9.17) is 0 Å². The maximum atomic E-state index is 13.2. The van der Waals surface area contributed by atoms with Gasteiger partial charge in [-0.2, -0.15) is 0 Å². The fraction of sp³-hybridized carbons (Fsp3) is 0.611. The molecule has 4 nitrogen and oxygen atoms in total. The lowest BCUT2D eigenvalue weighted by molar-refractivity contribution is 0.0419. The van der Waals surface area contributed by atoms with Crippen molar-refractivity contribution in [1.29, 1.82) is 0 Å². The first-order chi connectivity index (χ1) is 11.0. The molecule has 1 aromatic carbocycles. The molecule has 2 N–H and O–H groups in total. The van der Waals surface area contributed by atoms with Gasteiger partial charge in [-0.05, 0) is 48.8 Å². The van der Waals surface area contributed by atoms with Crippen LogP contribution in [0.1, 0.15) is 44.2 Å². The molecule has 23 heavy (non-hydrogen) atoms. The van der Waals surface area contributed by atoms with Gasteiger partial charge in [-0.15, -0.1) is 0 Å². The maximum Gasteiger partial charge on any atom is 0.317 e. The van der Waals surface area contributed by atoms with Crippen LogP contribution in [0.2, 0.25) is 0 Å². The van der Waals surface area contributed by atoms with Gasteiger partial charge in [0.05, 0.1) is 12.1 Å². The maximum absolute atomic E-state index is 13.2. The number of piperidine rings is 1. The van der Waals surface area contributed by atoms with Crippen molar-refractivity contribution in [3.05, 3.63) is 35.6 Å². The number of β-amino-alcohol motifs (C(OH)–C–C–N with tert-alkyl or cyclic N) is 1. The molecule has 1 aliphatic heterocycles. The quantitative estimate of drug-likeness (QED) is 0.899. The molecule has 126 valence electrons. The molecule has 2 amide bonds. The summed E-state index contributed by atoms with van der Waals surface area (Å²) in [6.07, 6.45) is 3.71. The van der Waals surface area contributed by atoms with Gasteiger partial charge in [0.25, 0.3) is 0 Å². The molecule has 5 heteroatoms. The molecule has 2 aliphatic rings. The molecule has 1 aliphatic carbocycles. The number of amides is 2. The molecule has 0 spiro atoms. The fourth-order valence-corrected chi connectivity index (χ4v) is 3.37. The van der Waals surface area contributed by atoms with Gasteiger partial charge in [-0.25, -0.2) is 9.18 Å². The van der Waals surface area contributed by atoms with Gasteiger partial charge < -0.3 is 15.3 Å². The van der Waals surface area contributed by atoms with Crippen LogP contribution in [0.5, 0.6) is 0 Å². The summed E-state index contributed by atoms with van der Waals surface area (Å²) in [5, 5.41) is 13.1. The van der Waals surface area contributed by atoms with E-state index in [9.17, 15) is 14.3 Å². The second kappa shape index (κ2) is 6.87. The summed E-state index contributed by atoms with van der Waals surface area (Å²) < 4.78 is 13.2. The van der Waals surface area contributed by atoms with Gasteiger partial charge in [0.1, 0.15) is 5.82 Å². The van der Waals surface area contributed by atoms with Crippen molar-refractivity contribution in [2.45, 2.75) is 44.8 Å². The lowest BCUT2D eigenvalue weighted by Crippen LogP contribution is -2.51. The first-order valence-electron chi connectivity index (χ1n) is 8.53. The number of hydrogen-bond acceptors (Lipinski definition) is 2. The number of halogens is 1. The number of nitrogens with one attached hydrogen (secondary N) is 1. The predicted molar refractivity (Wildman–Crippen MR) is 86.4 cm³/mol. The van der Waals surface area contributed by atoms with E-state index < -0.39 is 6.10 Å². The zero-order valence-electron chi connectivity index (χ0n) is 13.5. The van der Waals surface area contributed by atoms with Crippen molar-refractivity contribution in [1.82, 2.24) is 10.2 Å². The summed E-state index contributed by atoms with van der Waals surface area (Å²) in [6.45, 7) is 3.06. The Morgan fingerprint density at radius 3 is 2.57 bits per heavy atom. The van der Waals surface area contributed by atoms with E-state index in [1.165, 1.54) is 18.6 Å². The van der Waals surface area contributed by atoms with Crippen LogP contribution in [-0.2, 0) is 0 Å². The van der Waals surface area contributed by atoms with E-state index >= 15 is 0 Å². The standard InChI is InChI=1S/C18H25FN2O2/c1-12-9-10-21(11-16(12)22)18(23)20-17(13-3-2-4-13)14-5-7-15(19)8-6-14/h5-8,12-13,16-17,22H,2-4,9-11H2,1H3,(H,20,23). The SMILES string of the molecule is CC1CCN(C(=O)NC(c2ccc(F)cc2)C2CCC2)CC1O. The van der Waals surface area contributed by atoms with Crippen molar-refractivity contribution >= 4 is 6.03 Å². The number of aliphatic hydroxyl groups excluding tert-OH is 1. The molecule has 1 saturated carbocycles. The number of rotatable bonds is 3. The van der Waals surface area contributed by atoms with Crippen LogP contribution in [0.4, 0.5) is 9.18 Å². The minimum Gasteiger partial charge on any atom is -0.391 e. The van der Waals surface area contributed by atoms with E-state index in [2.05, 4.69) is 5.32 Å². The second-order valence-corrected chi connectivity index (χ2v) is 6.95. The highest BCUT2D eigenvalue weighted by Crippen LogP contribution is 2.38. The molecule has 1 heterocycles. The Balaban J connectivity index is 1.68. The number of benzene rings is 1. The Hall–Kier alpha value is -1.62. The largest absolute Gasteiger partial charge is 0.391 e. The average Bonchev–Trinajstić information content (AvgIpc) is 2.48. The number of urea groups is 1. The van der Waals surface area contributed by atoms with E-state index in [1.54, 1.807) is 17.0 Å². The number of aliphatic hydroxyl groups is 1. The van der Waals surface area contributed by atoms with Crippen LogP contribution in [0.25, 0.3) is 0 Å².